The molecule has 4 N–H and O–H groups in total. The fourth-order valence-corrected chi connectivity index (χ4v) is 2.99. The first-order valence-corrected chi connectivity index (χ1v) is 7.99. The smallest absolute Gasteiger partial charge is 0.222 e. The number of nitrogens with zero attached hydrogens (tertiary/aromatic N) is 3. The van der Waals surface area contributed by atoms with Crippen LogP contribution in [0.5, 0.6) is 0 Å². The summed E-state index contributed by atoms with van der Waals surface area (Å²) >= 11 is 0. The molecule has 2 aromatic heterocycles. The summed E-state index contributed by atoms with van der Waals surface area (Å²) in [5.74, 6) is 1.04. The van der Waals surface area contributed by atoms with Gasteiger partial charge in [-0.15, -0.1) is 0 Å². The van der Waals surface area contributed by atoms with E-state index in [0.29, 0.717) is 0 Å². The molecule has 2 heterocycles. The van der Waals surface area contributed by atoms with E-state index < -0.39 is 0 Å². The van der Waals surface area contributed by atoms with E-state index in [1.165, 1.54) is 12.8 Å². The van der Waals surface area contributed by atoms with Crippen LogP contribution in [0.4, 0.5) is 11.8 Å². The highest BCUT2D eigenvalue weighted by atomic mass is 16.5. The van der Waals surface area contributed by atoms with Crippen molar-refractivity contribution < 1.29 is 4.74 Å². The molecular formula is C17H20N6O. The van der Waals surface area contributed by atoms with Gasteiger partial charge >= 0.3 is 0 Å². The number of methoxy groups -OCH3 is 1. The number of hydrogen-bond donors (Lipinski definition) is 3. The van der Waals surface area contributed by atoms with E-state index in [0.717, 1.165) is 41.1 Å². The Hall–Kier alpha value is -2.67. The second-order valence-electron chi connectivity index (χ2n) is 6.42. The average molecular weight is 324 g/mol. The molecule has 7 nitrogen and oxygen atoms in total. The summed E-state index contributed by atoms with van der Waals surface area (Å²) in [6.07, 6.45) is 4.08. The number of anilines is 2. The van der Waals surface area contributed by atoms with Gasteiger partial charge in [-0.2, -0.15) is 10.1 Å². The molecule has 0 bridgehead atoms. The summed E-state index contributed by atoms with van der Waals surface area (Å²) in [4.78, 5) is 8.75. The Labute approximate surface area is 139 Å². The molecule has 1 saturated carbocycles. The summed E-state index contributed by atoms with van der Waals surface area (Å²) in [6, 6.07) is 7.96. The summed E-state index contributed by atoms with van der Waals surface area (Å²) < 4.78 is 5.32. The molecular weight excluding hydrogens is 304 g/mol. The van der Waals surface area contributed by atoms with E-state index in [1.807, 2.05) is 24.3 Å². The topological polar surface area (TPSA) is 102 Å². The van der Waals surface area contributed by atoms with Crippen molar-refractivity contribution in [3.63, 3.8) is 0 Å². The molecule has 0 radical (unpaired) electrons. The number of nitrogen functional groups attached to an aromatic ring is 1. The van der Waals surface area contributed by atoms with Gasteiger partial charge in [0.25, 0.3) is 0 Å². The minimum Gasteiger partial charge on any atom is -0.384 e. The van der Waals surface area contributed by atoms with Crippen molar-refractivity contribution in [1.82, 2.24) is 20.2 Å². The number of H-pyrrole nitrogens is 1. The normalized spacial score (nSPS) is 15.5. The van der Waals surface area contributed by atoms with Gasteiger partial charge in [0.05, 0.1) is 17.8 Å². The van der Waals surface area contributed by atoms with Crippen molar-refractivity contribution in [3.8, 4) is 11.3 Å². The number of rotatable bonds is 6. The van der Waals surface area contributed by atoms with Crippen LogP contribution in [-0.4, -0.2) is 40.4 Å². The van der Waals surface area contributed by atoms with E-state index in [9.17, 15) is 0 Å². The number of aromatic nitrogens is 4. The largest absolute Gasteiger partial charge is 0.384 e. The molecule has 24 heavy (non-hydrogen) atoms. The first kappa shape index (κ1) is 14.9. The Kier molecular flexibility index (Phi) is 3.57. The summed E-state index contributed by atoms with van der Waals surface area (Å²) in [5, 5.41) is 11.3. The molecule has 3 aromatic rings. The summed E-state index contributed by atoms with van der Waals surface area (Å²) in [7, 11) is 1.75. The molecule has 0 spiro atoms. The molecule has 0 aliphatic heterocycles. The predicted molar refractivity (Wildman–Crippen MR) is 93.6 cm³/mol. The van der Waals surface area contributed by atoms with Gasteiger partial charge in [-0.1, -0.05) is 6.07 Å². The van der Waals surface area contributed by atoms with Crippen molar-refractivity contribution in [2.45, 2.75) is 12.8 Å². The van der Waals surface area contributed by atoms with E-state index in [2.05, 4.69) is 25.5 Å². The van der Waals surface area contributed by atoms with Crippen LogP contribution < -0.4 is 11.1 Å². The number of benzene rings is 1. The lowest BCUT2D eigenvalue weighted by Gasteiger charge is -2.16. The van der Waals surface area contributed by atoms with Crippen molar-refractivity contribution in [3.05, 3.63) is 30.5 Å². The van der Waals surface area contributed by atoms with Gasteiger partial charge in [-0.25, -0.2) is 4.98 Å². The molecule has 4 rings (SSSR count). The van der Waals surface area contributed by atoms with Crippen LogP contribution >= 0.6 is 0 Å². The van der Waals surface area contributed by atoms with Crippen molar-refractivity contribution in [2.75, 3.05) is 31.3 Å². The molecule has 124 valence electrons. The third kappa shape index (κ3) is 2.78. The molecule has 1 aliphatic carbocycles. The SMILES string of the molecule is COCC1(CNc2nc(N)nc3cc(-c4ccn[nH]4)ccc23)CC1. The zero-order valence-corrected chi connectivity index (χ0v) is 13.5. The first-order valence-electron chi connectivity index (χ1n) is 7.99. The number of hydrogen-bond acceptors (Lipinski definition) is 6. The molecule has 0 atom stereocenters. The molecule has 1 fully saturated rings. The van der Waals surface area contributed by atoms with Crippen LogP contribution in [0.2, 0.25) is 0 Å². The second-order valence-corrected chi connectivity index (χ2v) is 6.42. The van der Waals surface area contributed by atoms with Gasteiger partial charge in [0, 0.05) is 36.2 Å². The Bertz CT molecular complexity index is 857. The van der Waals surface area contributed by atoms with Gasteiger partial charge in [-0.3, -0.25) is 5.10 Å². The first-order chi connectivity index (χ1) is 11.7. The lowest BCUT2D eigenvalue weighted by atomic mass is 10.1. The minimum absolute atomic E-state index is 0.233. The van der Waals surface area contributed by atoms with Gasteiger partial charge in [0.15, 0.2) is 0 Å². The standard InChI is InChI=1S/C17H20N6O/c1-24-10-17(5-6-17)9-19-15-12-3-2-11(13-4-7-20-23-13)8-14(12)21-16(18)22-15/h2-4,7-8H,5-6,9-10H2,1H3,(H,20,23)(H3,18,19,21,22). The van der Waals surface area contributed by atoms with Crippen LogP contribution in [0.15, 0.2) is 30.5 Å². The van der Waals surface area contributed by atoms with Crippen molar-refractivity contribution in [2.24, 2.45) is 5.41 Å². The zero-order valence-electron chi connectivity index (χ0n) is 13.5. The Balaban J connectivity index is 1.65. The Morgan fingerprint density at radius 2 is 2.17 bits per heavy atom. The molecule has 1 aromatic carbocycles. The highest BCUT2D eigenvalue weighted by Gasteiger charge is 2.42. The number of nitrogens with one attached hydrogen (secondary N) is 2. The van der Waals surface area contributed by atoms with Crippen molar-refractivity contribution >= 4 is 22.7 Å². The maximum Gasteiger partial charge on any atom is 0.222 e. The maximum atomic E-state index is 5.90. The molecule has 0 unspecified atom stereocenters. The highest BCUT2D eigenvalue weighted by molar-refractivity contribution is 5.92. The highest BCUT2D eigenvalue weighted by Crippen LogP contribution is 2.45. The minimum atomic E-state index is 0.233. The number of nitrogens with two attached hydrogens (primary N) is 1. The van der Waals surface area contributed by atoms with Gasteiger partial charge < -0.3 is 15.8 Å². The molecule has 0 amide bonds. The van der Waals surface area contributed by atoms with Gasteiger partial charge in [0.1, 0.15) is 5.82 Å². The summed E-state index contributed by atoms with van der Waals surface area (Å²) in [5.41, 5.74) is 8.91. The van der Waals surface area contributed by atoms with Crippen LogP contribution in [0.3, 0.4) is 0 Å². The average Bonchev–Trinajstić information content (AvgIpc) is 3.12. The predicted octanol–water partition coefficient (Wildman–Crippen LogP) is 2.44. The molecule has 0 saturated heterocycles. The van der Waals surface area contributed by atoms with Crippen LogP contribution in [0.1, 0.15) is 12.8 Å². The van der Waals surface area contributed by atoms with E-state index in [1.54, 1.807) is 13.3 Å². The maximum absolute atomic E-state index is 5.90. The summed E-state index contributed by atoms with van der Waals surface area (Å²) in [6.45, 7) is 1.59. The van der Waals surface area contributed by atoms with Crippen LogP contribution in [0.25, 0.3) is 22.2 Å². The van der Waals surface area contributed by atoms with Crippen molar-refractivity contribution in [1.29, 1.82) is 0 Å². The third-order valence-electron chi connectivity index (χ3n) is 4.56. The van der Waals surface area contributed by atoms with Crippen LogP contribution in [-0.2, 0) is 4.74 Å². The fourth-order valence-electron chi connectivity index (χ4n) is 2.99. The van der Waals surface area contributed by atoms with E-state index >= 15 is 0 Å². The number of aromatic amines is 1. The molecule has 7 heteroatoms. The van der Waals surface area contributed by atoms with E-state index in [-0.39, 0.29) is 11.4 Å². The number of fused-ring (bicyclic) bond motifs is 1. The Morgan fingerprint density at radius 3 is 2.88 bits per heavy atom. The Morgan fingerprint density at radius 1 is 1.29 bits per heavy atom. The fraction of sp³-hybridized carbons (Fsp3) is 0.353. The van der Waals surface area contributed by atoms with Crippen LogP contribution in [0, 0.1) is 5.41 Å². The van der Waals surface area contributed by atoms with E-state index in [4.69, 9.17) is 10.5 Å². The second kappa shape index (κ2) is 5.76. The number of ether oxygens (including phenoxy) is 1. The monoisotopic (exact) mass is 324 g/mol. The van der Waals surface area contributed by atoms with Gasteiger partial charge in [-0.05, 0) is 31.0 Å². The lowest BCUT2D eigenvalue weighted by Crippen LogP contribution is -2.21. The zero-order chi connectivity index (χ0) is 16.6. The third-order valence-corrected chi connectivity index (χ3v) is 4.56. The van der Waals surface area contributed by atoms with Gasteiger partial charge in [0.2, 0.25) is 5.95 Å². The quantitative estimate of drug-likeness (QED) is 0.644. The molecule has 1 aliphatic rings. The lowest BCUT2D eigenvalue weighted by molar-refractivity contribution is 0.147.